The van der Waals surface area contributed by atoms with Gasteiger partial charge in [0.2, 0.25) is 0 Å². The average molecular weight is 252 g/mol. The minimum atomic E-state index is -1.00. The largest absolute Gasteiger partial charge is 0.494 e. The molecule has 0 saturated heterocycles. The van der Waals surface area contributed by atoms with E-state index in [1.54, 1.807) is 24.3 Å². The van der Waals surface area contributed by atoms with Gasteiger partial charge in [-0.15, -0.1) is 0 Å². The van der Waals surface area contributed by atoms with Gasteiger partial charge in [0, 0.05) is 5.92 Å². The predicted molar refractivity (Wildman–Crippen MR) is 64.9 cm³/mol. The number of aliphatic carboxylic acids is 2. The zero-order chi connectivity index (χ0) is 13.5. The van der Waals surface area contributed by atoms with E-state index in [-0.39, 0.29) is 12.8 Å². The standard InChI is InChI=1S/C13H16O5/c1-2-18-11-5-3-9(4-6-11)10(7-12(14)15)8-13(16)17/h3-6,10H,2,7-8H2,1H3,(H,14,15)(H,16,17). The molecule has 0 aliphatic carbocycles. The monoisotopic (exact) mass is 252 g/mol. The van der Waals surface area contributed by atoms with Crippen LogP contribution in [0.2, 0.25) is 0 Å². The maximum Gasteiger partial charge on any atom is 0.303 e. The van der Waals surface area contributed by atoms with Crippen LogP contribution >= 0.6 is 0 Å². The molecule has 0 saturated carbocycles. The molecule has 1 aromatic carbocycles. The number of hydrogen-bond donors (Lipinski definition) is 2. The van der Waals surface area contributed by atoms with E-state index in [9.17, 15) is 9.59 Å². The zero-order valence-electron chi connectivity index (χ0n) is 10.1. The highest BCUT2D eigenvalue weighted by Gasteiger charge is 2.18. The lowest BCUT2D eigenvalue weighted by atomic mass is 9.92. The van der Waals surface area contributed by atoms with E-state index in [0.717, 1.165) is 0 Å². The fourth-order valence-corrected chi connectivity index (χ4v) is 1.73. The van der Waals surface area contributed by atoms with Gasteiger partial charge in [0.15, 0.2) is 0 Å². The van der Waals surface area contributed by atoms with Crippen molar-refractivity contribution in [2.24, 2.45) is 0 Å². The smallest absolute Gasteiger partial charge is 0.303 e. The summed E-state index contributed by atoms with van der Waals surface area (Å²) in [6.45, 7) is 2.42. The molecule has 0 fully saturated rings. The van der Waals surface area contributed by atoms with Gasteiger partial charge in [-0.25, -0.2) is 0 Å². The van der Waals surface area contributed by atoms with Crippen LogP contribution in [0.1, 0.15) is 31.2 Å². The van der Waals surface area contributed by atoms with E-state index in [1.807, 2.05) is 6.92 Å². The van der Waals surface area contributed by atoms with Crippen LogP contribution in [-0.2, 0) is 9.59 Å². The normalized spacial score (nSPS) is 10.3. The first-order valence-corrected chi connectivity index (χ1v) is 5.69. The van der Waals surface area contributed by atoms with Gasteiger partial charge in [0.05, 0.1) is 19.4 Å². The van der Waals surface area contributed by atoms with Crippen molar-refractivity contribution in [2.75, 3.05) is 6.61 Å². The van der Waals surface area contributed by atoms with Crippen molar-refractivity contribution >= 4 is 11.9 Å². The fourth-order valence-electron chi connectivity index (χ4n) is 1.73. The highest BCUT2D eigenvalue weighted by molar-refractivity contribution is 5.72. The Bertz CT molecular complexity index is 394. The van der Waals surface area contributed by atoms with E-state index < -0.39 is 17.9 Å². The van der Waals surface area contributed by atoms with Gasteiger partial charge in [-0.3, -0.25) is 9.59 Å². The van der Waals surface area contributed by atoms with Gasteiger partial charge in [-0.05, 0) is 24.6 Å². The van der Waals surface area contributed by atoms with Crippen molar-refractivity contribution in [1.29, 1.82) is 0 Å². The molecule has 0 heterocycles. The van der Waals surface area contributed by atoms with Crippen molar-refractivity contribution in [3.8, 4) is 5.75 Å². The molecule has 0 aromatic heterocycles. The van der Waals surface area contributed by atoms with Crippen molar-refractivity contribution in [3.05, 3.63) is 29.8 Å². The molecule has 0 spiro atoms. The van der Waals surface area contributed by atoms with Gasteiger partial charge in [-0.1, -0.05) is 12.1 Å². The maximum absolute atomic E-state index is 10.7. The van der Waals surface area contributed by atoms with Crippen molar-refractivity contribution in [1.82, 2.24) is 0 Å². The first kappa shape index (κ1) is 14.0. The average Bonchev–Trinajstić information content (AvgIpc) is 2.28. The van der Waals surface area contributed by atoms with Gasteiger partial charge in [-0.2, -0.15) is 0 Å². The minimum absolute atomic E-state index is 0.194. The molecular weight excluding hydrogens is 236 g/mol. The molecule has 0 unspecified atom stereocenters. The van der Waals surface area contributed by atoms with Gasteiger partial charge < -0.3 is 14.9 Å². The molecule has 18 heavy (non-hydrogen) atoms. The van der Waals surface area contributed by atoms with Gasteiger partial charge in [0.25, 0.3) is 0 Å². The van der Waals surface area contributed by atoms with E-state index in [4.69, 9.17) is 14.9 Å². The summed E-state index contributed by atoms with van der Waals surface area (Å²) in [6.07, 6.45) is -0.388. The third kappa shape index (κ3) is 4.45. The van der Waals surface area contributed by atoms with Gasteiger partial charge >= 0.3 is 11.9 Å². The summed E-state index contributed by atoms with van der Waals surface area (Å²) in [4.78, 5) is 21.4. The summed E-state index contributed by atoms with van der Waals surface area (Å²) in [6, 6.07) is 6.86. The Hall–Kier alpha value is -2.04. The Morgan fingerprint density at radius 1 is 1.11 bits per heavy atom. The number of rotatable bonds is 7. The highest BCUT2D eigenvalue weighted by Crippen LogP contribution is 2.25. The molecule has 0 radical (unpaired) electrons. The Balaban J connectivity index is 2.83. The van der Waals surface area contributed by atoms with E-state index in [2.05, 4.69) is 0 Å². The lowest BCUT2D eigenvalue weighted by Gasteiger charge is -2.13. The number of hydrogen-bond acceptors (Lipinski definition) is 3. The summed E-state index contributed by atoms with van der Waals surface area (Å²) in [5, 5.41) is 17.6. The lowest BCUT2D eigenvalue weighted by Crippen LogP contribution is -2.11. The number of carbonyl (C=O) groups is 2. The molecule has 0 aliphatic heterocycles. The molecule has 0 amide bonds. The molecule has 0 bridgehead atoms. The molecule has 5 nitrogen and oxygen atoms in total. The van der Waals surface area contributed by atoms with Crippen LogP contribution < -0.4 is 4.74 Å². The Morgan fingerprint density at radius 3 is 2.00 bits per heavy atom. The van der Waals surface area contributed by atoms with Crippen LogP contribution in [0.15, 0.2) is 24.3 Å². The fraction of sp³-hybridized carbons (Fsp3) is 0.385. The van der Waals surface area contributed by atoms with Crippen molar-refractivity contribution < 1.29 is 24.5 Å². The molecule has 98 valence electrons. The van der Waals surface area contributed by atoms with Crippen LogP contribution in [-0.4, -0.2) is 28.8 Å². The summed E-state index contributed by atoms with van der Waals surface area (Å²) in [5.41, 5.74) is 0.697. The summed E-state index contributed by atoms with van der Waals surface area (Å²) in [7, 11) is 0. The molecule has 1 rings (SSSR count). The van der Waals surface area contributed by atoms with Crippen molar-refractivity contribution in [3.63, 3.8) is 0 Å². The Labute approximate surface area is 105 Å². The third-order valence-corrected chi connectivity index (χ3v) is 2.50. The zero-order valence-corrected chi connectivity index (χ0v) is 10.1. The number of carboxylic acids is 2. The van der Waals surface area contributed by atoms with Crippen LogP contribution in [0.3, 0.4) is 0 Å². The van der Waals surface area contributed by atoms with Crippen LogP contribution in [0.4, 0.5) is 0 Å². The maximum atomic E-state index is 10.7. The predicted octanol–water partition coefficient (Wildman–Crippen LogP) is 2.12. The Kier molecular flexibility index (Phi) is 5.17. The quantitative estimate of drug-likeness (QED) is 0.776. The summed E-state index contributed by atoms with van der Waals surface area (Å²) >= 11 is 0. The highest BCUT2D eigenvalue weighted by atomic mass is 16.5. The molecular formula is C13H16O5. The Morgan fingerprint density at radius 2 is 1.61 bits per heavy atom. The second-order valence-corrected chi connectivity index (χ2v) is 3.89. The molecule has 1 aromatic rings. The number of carboxylic acid groups (broad SMARTS) is 2. The number of ether oxygens (including phenoxy) is 1. The first-order chi connectivity index (χ1) is 8.52. The lowest BCUT2D eigenvalue weighted by molar-refractivity contribution is -0.139. The minimum Gasteiger partial charge on any atom is -0.494 e. The molecule has 5 heteroatoms. The molecule has 0 atom stereocenters. The van der Waals surface area contributed by atoms with E-state index >= 15 is 0 Å². The van der Waals surface area contributed by atoms with Crippen molar-refractivity contribution in [2.45, 2.75) is 25.7 Å². The van der Waals surface area contributed by atoms with E-state index in [0.29, 0.717) is 17.9 Å². The molecule has 2 N–H and O–H groups in total. The first-order valence-electron chi connectivity index (χ1n) is 5.69. The summed E-state index contributed by atoms with van der Waals surface area (Å²) < 4.78 is 5.27. The van der Waals surface area contributed by atoms with Crippen LogP contribution in [0.5, 0.6) is 5.75 Å². The third-order valence-electron chi connectivity index (χ3n) is 2.50. The SMILES string of the molecule is CCOc1ccc(C(CC(=O)O)CC(=O)O)cc1. The van der Waals surface area contributed by atoms with Crippen LogP contribution in [0, 0.1) is 0 Å². The summed E-state index contributed by atoms with van der Waals surface area (Å²) in [5.74, 6) is -1.84. The topological polar surface area (TPSA) is 83.8 Å². The molecule has 0 aliphatic rings. The van der Waals surface area contributed by atoms with E-state index in [1.165, 1.54) is 0 Å². The second-order valence-electron chi connectivity index (χ2n) is 3.89. The van der Waals surface area contributed by atoms with Gasteiger partial charge in [0.1, 0.15) is 5.75 Å². The second kappa shape index (κ2) is 6.64. The van der Waals surface area contributed by atoms with Crippen LogP contribution in [0.25, 0.3) is 0 Å². The number of benzene rings is 1.